The predicted molar refractivity (Wildman–Crippen MR) is 112 cm³/mol. The van der Waals surface area contributed by atoms with E-state index in [0.717, 1.165) is 15.6 Å². The van der Waals surface area contributed by atoms with Gasteiger partial charge in [-0.15, -0.1) is 5.10 Å². The molecule has 11 heteroatoms. The van der Waals surface area contributed by atoms with Crippen LogP contribution in [-0.2, 0) is 13.1 Å². The third-order valence-corrected chi connectivity index (χ3v) is 5.14. The predicted octanol–water partition coefficient (Wildman–Crippen LogP) is 3.04. The molecule has 0 fully saturated rings. The third kappa shape index (κ3) is 3.87. The van der Waals surface area contributed by atoms with Crippen LogP contribution in [-0.4, -0.2) is 34.7 Å². The number of rotatable bonds is 5. The topological polar surface area (TPSA) is 105 Å². The van der Waals surface area contributed by atoms with E-state index in [1.165, 1.54) is 27.7 Å². The second kappa shape index (κ2) is 7.84. The normalized spacial score (nSPS) is 11.3. The molecule has 0 radical (unpaired) electrons. The van der Waals surface area contributed by atoms with Crippen molar-refractivity contribution < 1.29 is 8.91 Å². The van der Waals surface area contributed by atoms with Gasteiger partial charge in [-0.25, -0.2) is 14.1 Å². The van der Waals surface area contributed by atoms with Gasteiger partial charge in [0.05, 0.1) is 6.54 Å². The second-order valence-corrected chi connectivity index (χ2v) is 7.66. The van der Waals surface area contributed by atoms with Crippen LogP contribution in [0, 0.1) is 5.82 Å². The largest absolute Gasteiger partial charge is 0.337 e. The molecule has 0 amide bonds. The molecular weight excluding hydrogens is 469 g/mol. The first-order chi connectivity index (χ1) is 15.1. The van der Waals surface area contributed by atoms with E-state index in [4.69, 9.17) is 4.52 Å². The molecule has 3 aromatic heterocycles. The quantitative estimate of drug-likeness (QED) is 0.379. The van der Waals surface area contributed by atoms with E-state index in [0.29, 0.717) is 18.0 Å². The SMILES string of the molecule is O=c1c2nnn(Cc3ccc(F)cc3)c2ncn1Cc1nc(-c2ccc(Br)cc2)no1. The van der Waals surface area contributed by atoms with Gasteiger partial charge in [0.1, 0.15) is 18.7 Å². The first-order valence-corrected chi connectivity index (χ1v) is 9.98. The molecule has 0 bridgehead atoms. The Morgan fingerprint density at radius 1 is 1.03 bits per heavy atom. The Hall–Kier alpha value is -3.73. The first-order valence-electron chi connectivity index (χ1n) is 9.18. The molecule has 0 atom stereocenters. The molecule has 0 aliphatic heterocycles. The van der Waals surface area contributed by atoms with Crippen LogP contribution in [0.5, 0.6) is 0 Å². The summed E-state index contributed by atoms with van der Waals surface area (Å²) in [7, 11) is 0. The van der Waals surface area contributed by atoms with Crippen molar-refractivity contribution in [3.63, 3.8) is 0 Å². The van der Waals surface area contributed by atoms with Gasteiger partial charge in [-0.05, 0) is 42.0 Å². The van der Waals surface area contributed by atoms with Crippen molar-refractivity contribution in [3.05, 3.63) is 87.0 Å². The van der Waals surface area contributed by atoms with Crippen molar-refractivity contribution in [3.8, 4) is 11.4 Å². The molecule has 5 aromatic rings. The maximum absolute atomic E-state index is 13.1. The Kier molecular flexibility index (Phi) is 4.86. The fraction of sp³-hybridized carbons (Fsp3) is 0.100. The molecule has 0 N–H and O–H groups in total. The zero-order chi connectivity index (χ0) is 21.4. The summed E-state index contributed by atoms with van der Waals surface area (Å²) in [5, 5.41) is 11.9. The van der Waals surface area contributed by atoms with Gasteiger partial charge in [0, 0.05) is 10.0 Å². The Morgan fingerprint density at radius 3 is 2.58 bits per heavy atom. The molecule has 0 aliphatic rings. The van der Waals surface area contributed by atoms with Gasteiger partial charge in [0.15, 0.2) is 11.2 Å². The maximum Gasteiger partial charge on any atom is 0.283 e. The minimum atomic E-state index is -0.376. The molecular formula is C20H13BrFN7O2. The number of hydrogen-bond donors (Lipinski definition) is 0. The van der Waals surface area contributed by atoms with E-state index < -0.39 is 0 Å². The van der Waals surface area contributed by atoms with Crippen molar-refractivity contribution in [2.24, 2.45) is 0 Å². The zero-order valence-corrected chi connectivity index (χ0v) is 17.4. The molecule has 154 valence electrons. The smallest absolute Gasteiger partial charge is 0.283 e. The van der Waals surface area contributed by atoms with E-state index in [2.05, 4.69) is 41.4 Å². The number of halogens is 2. The molecule has 5 rings (SSSR count). The van der Waals surface area contributed by atoms with Crippen molar-refractivity contribution in [1.82, 2.24) is 34.7 Å². The fourth-order valence-electron chi connectivity index (χ4n) is 3.05. The van der Waals surface area contributed by atoms with Gasteiger partial charge < -0.3 is 4.52 Å². The summed E-state index contributed by atoms with van der Waals surface area (Å²) >= 11 is 3.38. The molecule has 9 nitrogen and oxygen atoms in total. The molecule has 31 heavy (non-hydrogen) atoms. The van der Waals surface area contributed by atoms with Crippen molar-refractivity contribution in [1.29, 1.82) is 0 Å². The molecule has 0 spiro atoms. The average Bonchev–Trinajstić information content (AvgIpc) is 3.40. The summed E-state index contributed by atoms with van der Waals surface area (Å²) in [5.74, 6) is 0.368. The number of nitrogens with zero attached hydrogens (tertiary/aromatic N) is 7. The number of benzene rings is 2. The fourth-order valence-corrected chi connectivity index (χ4v) is 3.31. The zero-order valence-electron chi connectivity index (χ0n) is 15.8. The van der Waals surface area contributed by atoms with Crippen LogP contribution in [0.25, 0.3) is 22.6 Å². The van der Waals surface area contributed by atoms with E-state index >= 15 is 0 Å². The standard InChI is InChI=1S/C20H13BrFN7O2/c21-14-5-3-13(4-6-14)18-24-16(31-26-18)10-28-11-23-19-17(20(28)30)25-27-29(19)9-12-1-7-15(22)8-2-12/h1-8,11H,9-10H2. The Labute approximate surface area is 182 Å². The van der Waals surface area contributed by atoms with E-state index in [-0.39, 0.29) is 29.3 Å². The van der Waals surface area contributed by atoms with Gasteiger partial charge in [0.25, 0.3) is 5.56 Å². The summed E-state index contributed by atoms with van der Waals surface area (Å²) < 4.78 is 22.1. The second-order valence-electron chi connectivity index (χ2n) is 6.74. The van der Waals surface area contributed by atoms with Crippen LogP contribution in [0.1, 0.15) is 11.5 Å². The van der Waals surface area contributed by atoms with Crippen LogP contribution in [0.2, 0.25) is 0 Å². The van der Waals surface area contributed by atoms with Gasteiger partial charge in [-0.1, -0.05) is 38.4 Å². The Balaban J connectivity index is 1.40. The summed E-state index contributed by atoms with van der Waals surface area (Å²) in [5.41, 5.74) is 1.69. The van der Waals surface area contributed by atoms with Gasteiger partial charge in [-0.2, -0.15) is 4.98 Å². The highest BCUT2D eigenvalue weighted by molar-refractivity contribution is 9.10. The number of hydrogen-bond acceptors (Lipinski definition) is 7. The lowest BCUT2D eigenvalue weighted by molar-refractivity contribution is 0.369. The minimum absolute atomic E-state index is 0.0517. The van der Waals surface area contributed by atoms with Crippen molar-refractivity contribution >= 4 is 27.1 Å². The van der Waals surface area contributed by atoms with Crippen molar-refractivity contribution in [2.45, 2.75) is 13.1 Å². The lowest BCUT2D eigenvalue weighted by Crippen LogP contribution is -2.21. The lowest BCUT2D eigenvalue weighted by atomic mass is 10.2. The lowest BCUT2D eigenvalue weighted by Gasteiger charge is -2.03. The van der Waals surface area contributed by atoms with Crippen LogP contribution >= 0.6 is 15.9 Å². The molecule has 0 unspecified atom stereocenters. The molecule has 3 heterocycles. The highest BCUT2D eigenvalue weighted by Crippen LogP contribution is 2.19. The molecule has 0 saturated carbocycles. The van der Waals surface area contributed by atoms with Gasteiger partial charge >= 0.3 is 0 Å². The highest BCUT2D eigenvalue weighted by atomic mass is 79.9. The minimum Gasteiger partial charge on any atom is -0.337 e. The van der Waals surface area contributed by atoms with E-state index in [1.54, 1.807) is 12.1 Å². The highest BCUT2D eigenvalue weighted by Gasteiger charge is 2.15. The van der Waals surface area contributed by atoms with Crippen molar-refractivity contribution in [2.75, 3.05) is 0 Å². The van der Waals surface area contributed by atoms with E-state index in [1.807, 2.05) is 24.3 Å². The molecule has 2 aromatic carbocycles. The summed E-state index contributed by atoms with van der Waals surface area (Å²) in [4.78, 5) is 21.5. The van der Waals surface area contributed by atoms with Gasteiger partial charge in [-0.3, -0.25) is 9.36 Å². The summed E-state index contributed by atoms with van der Waals surface area (Å²) in [6.45, 7) is 0.365. The number of aromatic nitrogens is 7. The number of fused-ring (bicyclic) bond motifs is 1. The van der Waals surface area contributed by atoms with Crippen LogP contribution < -0.4 is 5.56 Å². The van der Waals surface area contributed by atoms with Crippen LogP contribution in [0.3, 0.4) is 0 Å². The summed E-state index contributed by atoms with van der Waals surface area (Å²) in [6, 6.07) is 13.5. The van der Waals surface area contributed by atoms with Gasteiger partial charge in [0.2, 0.25) is 11.7 Å². The first kappa shape index (κ1) is 19.2. The molecule has 0 saturated heterocycles. The Bertz CT molecular complexity index is 1420. The average molecular weight is 482 g/mol. The molecule has 0 aliphatic carbocycles. The van der Waals surface area contributed by atoms with Crippen LogP contribution in [0.15, 0.2) is 68.6 Å². The summed E-state index contributed by atoms with van der Waals surface area (Å²) in [6.07, 6.45) is 1.39. The monoisotopic (exact) mass is 481 g/mol. The third-order valence-electron chi connectivity index (χ3n) is 4.61. The van der Waals surface area contributed by atoms with E-state index in [9.17, 15) is 9.18 Å². The van der Waals surface area contributed by atoms with Crippen LogP contribution in [0.4, 0.5) is 4.39 Å². The maximum atomic E-state index is 13.1. The Morgan fingerprint density at radius 2 is 1.81 bits per heavy atom.